The Hall–Kier alpha value is -0.810. The molecule has 0 radical (unpaired) electrons. The Labute approximate surface area is 110 Å². The Kier molecular flexibility index (Phi) is 3.82. The zero-order valence-corrected chi connectivity index (χ0v) is 12.0. The van der Waals surface area contributed by atoms with Gasteiger partial charge in [-0.1, -0.05) is 0 Å². The molecule has 0 aliphatic carbocycles. The van der Waals surface area contributed by atoms with Crippen LogP contribution in [0.1, 0.15) is 20.3 Å². The van der Waals surface area contributed by atoms with E-state index < -0.39 is 0 Å². The van der Waals surface area contributed by atoms with Crippen LogP contribution in [0.25, 0.3) is 0 Å². The van der Waals surface area contributed by atoms with Gasteiger partial charge in [0, 0.05) is 39.8 Å². The molecule has 2 rings (SSSR count). The van der Waals surface area contributed by atoms with Crippen LogP contribution in [0, 0.1) is 0 Å². The number of rotatable bonds is 1. The number of carbonyl (C=O) groups excluding carboxylic acids is 1. The van der Waals surface area contributed by atoms with Crippen molar-refractivity contribution < 1.29 is 9.53 Å². The minimum atomic E-state index is -0.131. The highest BCUT2D eigenvalue weighted by Crippen LogP contribution is 2.30. The normalized spacial score (nSPS) is 29.3. The molecule has 0 aromatic carbocycles. The predicted molar refractivity (Wildman–Crippen MR) is 70.7 cm³/mol. The summed E-state index contributed by atoms with van der Waals surface area (Å²) in [5, 5.41) is 0. The van der Waals surface area contributed by atoms with Gasteiger partial charge in [0.05, 0.1) is 18.8 Å². The zero-order chi connectivity index (χ0) is 13.3. The average molecular weight is 255 g/mol. The third-order valence-electron chi connectivity index (χ3n) is 3.98. The molecule has 2 heterocycles. The summed E-state index contributed by atoms with van der Waals surface area (Å²) in [6.45, 7) is 8.54. The van der Waals surface area contributed by atoms with Gasteiger partial charge in [0.15, 0.2) is 0 Å². The Morgan fingerprint density at radius 3 is 2.56 bits per heavy atom. The summed E-state index contributed by atoms with van der Waals surface area (Å²) in [5.74, 6) is 0. The third-order valence-corrected chi connectivity index (χ3v) is 3.98. The van der Waals surface area contributed by atoms with Crippen LogP contribution in [0.4, 0.5) is 4.79 Å². The van der Waals surface area contributed by atoms with Gasteiger partial charge in [-0.25, -0.2) is 4.79 Å². The highest BCUT2D eigenvalue weighted by molar-refractivity contribution is 5.74. The van der Waals surface area contributed by atoms with E-state index in [1.54, 1.807) is 19.0 Å². The van der Waals surface area contributed by atoms with E-state index in [9.17, 15) is 4.79 Å². The molecule has 0 bridgehead atoms. The molecular formula is C13H25N3O2. The lowest BCUT2D eigenvalue weighted by molar-refractivity contribution is -0.0922. The van der Waals surface area contributed by atoms with Crippen molar-refractivity contribution in [3.63, 3.8) is 0 Å². The Morgan fingerprint density at radius 2 is 2.00 bits per heavy atom. The number of amides is 2. The van der Waals surface area contributed by atoms with Gasteiger partial charge in [-0.15, -0.1) is 0 Å². The number of morpholine rings is 1. The maximum Gasteiger partial charge on any atom is 0.319 e. The number of likely N-dealkylation sites (tertiary alicyclic amines) is 1. The van der Waals surface area contributed by atoms with E-state index in [0.717, 1.165) is 26.1 Å². The number of hydrogen-bond donors (Lipinski definition) is 0. The van der Waals surface area contributed by atoms with E-state index in [4.69, 9.17) is 4.74 Å². The maximum atomic E-state index is 12.0. The highest BCUT2D eigenvalue weighted by atomic mass is 16.5. The number of urea groups is 1. The monoisotopic (exact) mass is 255 g/mol. The number of nitrogens with zero attached hydrogens (tertiary/aromatic N) is 3. The van der Waals surface area contributed by atoms with Crippen molar-refractivity contribution in [3.05, 3.63) is 0 Å². The molecule has 2 aliphatic heterocycles. The second kappa shape index (κ2) is 5.05. The van der Waals surface area contributed by atoms with Gasteiger partial charge in [-0.05, 0) is 20.3 Å². The SMILES string of the molecule is CC(C)N1CCC2(CN(C(=O)N(C)C)CCO2)C1. The molecule has 0 aromatic heterocycles. The average Bonchev–Trinajstić information content (AvgIpc) is 2.72. The van der Waals surface area contributed by atoms with Crippen molar-refractivity contribution in [2.45, 2.75) is 31.9 Å². The third kappa shape index (κ3) is 2.62. The predicted octanol–water partition coefficient (Wildman–Crippen LogP) is 0.853. The van der Waals surface area contributed by atoms with Gasteiger partial charge in [0.25, 0.3) is 0 Å². The lowest BCUT2D eigenvalue weighted by Crippen LogP contribution is -2.57. The van der Waals surface area contributed by atoms with Crippen molar-refractivity contribution in [3.8, 4) is 0 Å². The first-order chi connectivity index (χ1) is 8.43. The van der Waals surface area contributed by atoms with Crippen LogP contribution in [0.5, 0.6) is 0 Å². The van der Waals surface area contributed by atoms with Crippen LogP contribution in [-0.2, 0) is 4.74 Å². The fraction of sp³-hybridized carbons (Fsp3) is 0.923. The Balaban J connectivity index is 2.01. The second-order valence-electron chi connectivity index (χ2n) is 5.94. The molecule has 2 fully saturated rings. The molecule has 0 N–H and O–H groups in total. The summed E-state index contributed by atoms with van der Waals surface area (Å²) < 4.78 is 6.01. The molecule has 1 atom stereocenters. The lowest BCUT2D eigenvalue weighted by Gasteiger charge is -2.41. The molecule has 18 heavy (non-hydrogen) atoms. The van der Waals surface area contributed by atoms with Crippen LogP contribution in [0.3, 0.4) is 0 Å². The van der Waals surface area contributed by atoms with Crippen LogP contribution in [-0.4, -0.2) is 79.3 Å². The molecule has 5 nitrogen and oxygen atoms in total. The van der Waals surface area contributed by atoms with Crippen molar-refractivity contribution in [1.29, 1.82) is 0 Å². The minimum absolute atomic E-state index is 0.0978. The molecule has 0 aromatic rings. The summed E-state index contributed by atoms with van der Waals surface area (Å²) in [7, 11) is 3.61. The molecule has 1 spiro atoms. The molecule has 104 valence electrons. The fourth-order valence-electron chi connectivity index (χ4n) is 2.85. The second-order valence-corrected chi connectivity index (χ2v) is 5.94. The van der Waals surface area contributed by atoms with Gasteiger partial charge in [0.2, 0.25) is 0 Å². The molecule has 2 amide bonds. The van der Waals surface area contributed by atoms with E-state index in [0.29, 0.717) is 19.2 Å². The highest BCUT2D eigenvalue weighted by Gasteiger charge is 2.44. The summed E-state index contributed by atoms with van der Waals surface area (Å²) in [6, 6.07) is 0.647. The first kappa shape index (κ1) is 13.6. The minimum Gasteiger partial charge on any atom is -0.370 e. The van der Waals surface area contributed by atoms with Crippen LogP contribution >= 0.6 is 0 Å². The van der Waals surface area contributed by atoms with Crippen molar-refractivity contribution in [2.24, 2.45) is 0 Å². The standard InChI is InChI=1S/C13H25N3O2/c1-11(2)15-6-5-13(9-15)10-16(7-8-18-13)12(17)14(3)4/h11H,5-10H2,1-4H3. The van der Waals surface area contributed by atoms with Crippen molar-refractivity contribution in [1.82, 2.24) is 14.7 Å². The smallest absolute Gasteiger partial charge is 0.319 e. The molecule has 2 aliphatic rings. The Morgan fingerprint density at radius 1 is 1.28 bits per heavy atom. The lowest BCUT2D eigenvalue weighted by atomic mass is 10.0. The van der Waals surface area contributed by atoms with Crippen molar-refractivity contribution >= 4 is 6.03 Å². The van der Waals surface area contributed by atoms with Gasteiger partial charge < -0.3 is 14.5 Å². The van der Waals surface area contributed by atoms with Crippen LogP contribution in [0.2, 0.25) is 0 Å². The van der Waals surface area contributed by atoms with Gasteiger partial charge in [-0.2, -0.15) is 0 Å². The van der Waals surface area contributed by atoms with E-state index in [1.807, 2.05) is 4.90 Å². The van der Waals surface area contributed by atoms with Gasteiger partial charge >= 0.3 is 6.03 Å². The van der Waals surface area contributed by atoms with Crippen LogP contribution < -0.4 is 0 Å². The zero-order valence-electron chi connectivity index (χ0n) is 12.0. The van der Waals surface area contributed by atoms with E-state index in [1.165, 1.54) is 0 Å². The van der Waals surface area contributed by atoms with Gasteiger partial charge in [0.1, 0.15) is 0 Å². The van der Waals surface area contributed by atoms with E-state index >= 15 is 0 Å². The summed E-state index contributed by atoms with van der Waals surface area (Å²) in [6.07, 6.45) is 1.03. The topological polar surface area (TPSA) is 36.0 Å². The maximum absolute atomic E-state index is 12.0. The van der Waals surface area contributed by atoms with Gasteiger partial charge in [-0.3, -0.25) is 4.90 Å². The Bertz CT molecular complexity index is 319. The van der Waals surface area contributed by atoms with Crippen LogP contribution in [0.15, 0.2) is 0 Å². The van der Waals surface area contributed by atoms with E-state index in [-0.39, 0.29) is 11.6 Å². The molecular weight excluding hydrogens is 230 g/mol. The molecule has 5 heteroatoms. The molecule has 1 unspecified atom stereocenters. The number of ether oxygens (including phenoxy) is 1. The van der Waals surface area contributed by atoms with Crippen molar-refractivity contribution in [2.75, 3.05) is 46.9 Å². The summed E-state index contributed by atoms with van der Waals surface area (Å²) in [4.78, 5) is 18.0. The number of hydrogen-bond acceptors (Lipinski definition) is 3. The molecule has 0 saturated carbocycles. The number of carbonyl (C=O) groups is 1. The first-order valence-electron chi connectivity index (χ1n) is 6.78. The first-order valence-corrected chi connectivity index (χ1v) is 6.78. The summed E-state index contributed by atoms with van der Waals surface area (Å²) >= 11 is 0. The molecule has 2 saturated heterocycles. The fourth-order valence-corrected chi connectivity index (χ4v) is 2.85. The largest absolute Gasteiger partial charge is 0.370 e. The van der Waals surface area contributed by atoms with E-state index in [2.05, 4.69) is 18.7 Å². The quantitative estimate of drug-likeness (QED) is 0.697. The summed E-state index contributed by atoms with van der Waals surface area (Å²) in [5.41, 5.74) is -0.131.